The van der Waals surface area contributed by atoms with E-state index in [0.29, 0.717) is 11.6 Å². The van der Waals surface area contributed by atoms with Gasteiger partial charge in [-0.2, -0.15) is 17.5 Å². The summed E-state index contributed by atoms with van der Waals surface area (Å²) >= 11 is 0. The lowest BCUT2D eigenvalue weighted by Gasteiger charge is -2.18. The van der Waals surface area contributed by atoms with E-state index < -0.39 is 32.5 Å². The third-order valence-corrected chi connectivity index (χ3v) is 5.29. The molecule has 0 atom stereocenters. The molecule has 0 aromatic heterocycles. The number of rotatable bonds is 5. The SMILES string of the molecule is COc1ccc(CN(C)S(=O)(=O)c2cccc(C(F)(F)F)c2)cc1F. The van der Waals surface area contributed by atoms with Crippen LogP contribution in [0.5, 0.6) is 5.75 Å². The van der Waals surface area contributed by atoms with Crippen LogP contribution in [-0.4, -0.2) is 26.9 Å². The fraction of sp³-hybridized carbons (Fsp3) is 0.250. The van der Waals surface area contributed by atoms with Crippen molar-refractivity contribution >= 4 is 10.0 Å². The maximum Gasteiger partial charge on any atom is 0.416 e. The Morgan fingerprint density at radius 1 is 1.12 bits per heavy atom. The van der Waals surface area contributed by atoms with Crippen LogP contribution in [-0.2, 0) is 22.7 Å². The van der Waals surface area contributed by atoms with Crippen molar-refractivity contribution in [3.8, 4) is 5.75 Å². The summed E-state index contributed by atoms with van der Waals surface area (Å²) in [7, 11) is -1.67. The van der Waals surface area contributed by atoms with Crippen molar-refractivity contribution in [3.63, 3.8) is 0 Å². The molecule has 0 spiro atoms. The number of methoxy groups -OCH3 is 1. The Labute approximate surface area is 142 Å². The van der Waals surface area contributed by atoms with Gasteiger partial charge in [0.2, 0.25) is 10.0 Å². The summed E-state index contributed by atoms with van der Waals surface area (Å²) in [6, 6.07) is 7.39. The first-order chi connectivity index (χ1) is 11.6. The lowest BCUT2D eigenvalue weighted by atomic mass is 10.2. The minimum atomic E-state index is -4.65. The topological polar surface area (TPSA) is 46.6 Å². The Balaban J connectivity index is 2.29. The highest BCUT2D eigenvalue weighted by molar-refractivity contribution is 7.89. The molecule has 0 aliphatic heterocycles. The van der Waals surface area contributed by atoms with Crippen LogP contribution in [0, 0.1) is 5.82 Å². The number of halogens is 4. The zero-order valence-corrected chi connectivity index (χ0v) is 14.2. The molecule has 0 saturated carbocycles. The van der Waals surface area contributed by atoms with Crippen LogP contribution >= 0.6 is 0 Å². The summed E-state index contributed by atoms with van der Waals surface area (Å²) in [4.78, 5) is -0.487. The number of benzene rings is 2. The number of hydrogen-bond acceptors (Lipinski definition) is 3. The van der Waals surface area contributed by atoms with E-state index in [1.807, 2.05) is 0 Å². The first kappa shape index (κ1) is 19.2. The van der Waals surface area contributed by atoms with Crippen LogP contribution < -0.4 is 4.74 Å². The largest absolute Gasteiger partial charge is 0.494 e. The zero-order chi connectivity index (χ0) is 18.8. The number of alkyl halides is 3. The third-order valence-electron chi connectivity index (χ3n) is 3.49. The van der Waals surface area contributed by atoms with Crippen molar-refractivity contribution in [1.29, 1.82) is 0 Å². The lowest BCUT2D eigenvalue weighted by Crippen LogP contribution is -2.26. The standard InChI is InChI=1S/C16H15F4NO3S/c1-21(10-11-6-7-15(24-2)14(17)8-11)25(22,23)13-5-3-4-12(9-13)16(18,19)20/h3-9H,10H2,1-2H3. The Hall–Kier alpha value is -2.13. The van der Waals surface area contributed by atoms with E-state index in [1.165, 1.54) is 26.3 Å². The molecule has 0 heterocycles. The fourth-order valence-corrected chi connectivity index (χ4v) is 3.37. The van der Waals surface area contributed by atoms with Crippen molar-refractivity contribution in [2.24, 2.45) is 0 Å². The monoisotopic (exact) mass is 377 g/mol. The van der Waals surface area contributed by atoms with Gasteiger partial charge in [0, 0.05) is 13.6 Å². The number of ether oxygens (including phenoxy) is 1. The van der Waals surface area contributed by atoms with Gasteiger partial charge >= 0.3 is 6.18 Å². The average Bonchev–Trinajstić information content (AvgIpc) is 2.54. The second kappa shape index (κ2) is 7.01. The van der Waals surface area contributed by atoms with Crippen molar-refractivity contribution in [2.75, 3.05) is 14.2 Å². The number of sulfonamides is 1. The van der Waals surface area contributed by atoms with Gasteiger partial charge in [-0.15, -0.1) is 0 Å². The van der Waals surface area contributed by atoms with Crippen molar-refractivity contribution < 1.29 is 30.7 Å². The van der Waals surface area contributed by atoms with Crippen LogP contribution in [0.1, 0.15) is 11.1 Å². The molecule has 0 aliphatic rings. The molecule has 25 heavy (non-hydrogen) atoms. The molecule has 136 valence electrons. The van der Waals surface area contributed by atoms with E-state index in [0.717, 1.165) is 28.6 Å². The van der Waals surface area contributed by atoms with Crippen molar-refractivity contribution in [3.05, 3.63) is 59.4 Å². The molecule has 0 unspecified atom stereocenters. The maximum atomic E-state index is 13.7. The molecule has 0 saturated heterocycles. The van der Waals surface area contributed by atoms with Crippen LogP contribution in [0.4, 0.5) is 17.6 Å². The van der Waals surface area contributed by atoms with Gasteiger partial charge in [-0.1, -0.05) is 12.1 Å². The molecule has 4 nitrogen and oxygen atoms in total. The third kappa shape index (κ3) is 4.29. The summed E-state index contributed by atoms with van der Waals surface area (Å²) < 4.78 is 82.5. The molecule has 2 aromatic rings. The summed E-state index contributed by atoms with van der Waals surface area (Å²) in [6.07, 6.45) is -4.65. The van der Waals surface area contributed by atoms with E-state index in [9.17, 15) is 26.0 Å². The molecule has 0 fully saturated rings. The van der Waals surface area contributed by atoms with E-state index in [2.05, 4.69) is 0 Å². The molecule has 2 rings (SSSR count). The Morgan fingerprint density at radius 2 is 1.80 bits per heavy atom. The Kier molecular flexibility index (Phi) is 5.38. The predicted octanol–water partition coefficient (Wildman–Crippen LogP) is 3.67. The second-order valence-corrected chi connectivity index (χ2v) is 7.30. The molecule has 0 amide bonds. The molecule has 2 aromatic carbocycles. The molecule has 0 N–H and O–H groups in total. The molecule has 0 bridgehead atoms. The van der Waals surface area contributed by atoms with Crippen molar-refractivity contribution in [2.45, 2.75) is 17.6 Å². The van der Waals surface area contributed by atoms with E-state index in [-0.39, 0.29) is 12.3 Å². The fourth-order valence-electron chi connectivity index (χ4n) is 2.16. The zero-order valence-electron chi connectivity index (χ0n) is 13.3. The molecular formula is C16H15F4NO3S. The highest BCUT2D eigenvalue weighted by Gasteiger charge is 2.32. The number of hydrogen-bond donors (Lipinski definition) is 0. The van der Waals surface area contributed by atoms with Gasteiger partial charge < -0.3 is 4.74 Å². The summed E-state index contributed by atoms with van der Waals surface area (Å²) in [5.74, 6) is -0.656. The molecule has 0 radical (unpaired) electrons. The van der Waals surface area contributed by atoms with Gasteiger partial charge in [0.15, 0.2) is 11.6 Å². The van der Waals surface area contributed by atoms with Gasteiger partial charge in [0.25, 0.3) is 0 Å². The predicted molar refractivity (Wildman–Crippen MR) is 83.0 cm³/mol. The quantitative estimate of drug-likeness (QED) is 0.747. The van der Waals surface area contributed by atoms with Gasteiger partial charge in [0.05, 0.1) is 17.6 Å². The summed E-state index contributed by atoms with van der Waals surface area (Å²) in [6.45, 7) is -0.209. The normalized spacial score (nSPS) is 12.4. The minimum absolute atomic E-state index is 0.00661. The van der Waals surface area contributed by atoms with Crippen LogP contribution in [0.25, 0.3) is 0 Å². The first-order valence-corrected chi connectivity index (χ1v) is 8.45. The molecule has 0 aliphatic carbocycles. The van der Waals surface area contributed by atoms with Gasteiger partial charge in [0.1, 0.15) is 0 Å². The average molecular weight is 377 g/mol. The second-order valence-electron chi connectivity index (χ2n) is 5.26. The molecular weight excluding hydrogens is 362 g/mol. The van der Waals surface area contributed by atoms with Crippen LogP contribution in [0.3, 0.4) is 0 Å². The first-order valence-electron chi connectivity index (χ1n) is 7.01. The van der Waals surface area contributed by atoms with E-state index in [4.69, 9.17) is 4.74 Å². The van der Waals surface area contributed by atoms with Gasteiger partial charge in [-0.3, -0.25) is 0 Å². The minimum Gasteiger partial charge on any atom is -0.494 e. The number of nitrogens with zero attached hydrogens (tertiary/aromatic N) is 1. The Morgan fingerprint density at radius 3 is 2.36 bits per heavy atom. The summed E-state index contributed by atoms with van der Waals surface area (Å²) in [5, 5.41) is 0. The maximum absolute atomic E-state index is 13.7. The van der Waals surface area contributed by atoms with E-state index >= 15 is 0 Å². The van der Waals surface area contributed by atoms with Gasteiger partial charge in [-0.25, -0.2) is 12.8 Å². The smallest absolute Gasteiger partial charge is 0.416 e. The van der Waals surface area contributed by atoms with Crippen molar-refractivity contribution in [1.82, 2.24) is 4.31 Å². The highest BCUT2D eigenvalue weighted by atomic mass is 32.2. The van der Waals surface area contributed by atoms with Gasteiger partial charge in [-0.05, 0) is 35.9 Å². The van der Waals surface area contributed by atoms with Crippen LogP contribution in [0.2, 0.25) is 0 Å². The highest BCUT2D eigenvalue weighted by Crippen LogP contribution is 2.31. The Bertz CT molecular complexity index is 866. The van der Waals surface area contributed by atoms with E-state index in [1.54, 1.807) is 0 Å². The molecule has 9 heteroatoms. The summed E-state index contributed by atoms with van der Waals surface area (Å²) in [5.41, 5.74) is -0.728. The lowest BCUT2D eigenvalue weighted by molar-refractivity contribution is -0.137. The van der Waals surface area contributed by atoms with Crippen LogP contribution in [0.15, 0.2) is 47.4 Å².